The average Bonchev–Trinajstić information content (AvgIpc) is 2.87. The minimum atomic E-state index is 0.742. The predicted molar refractivity (Wildman–Crippen MR) is 81.1 cm³/mol. The van der Waals surface area contributed by atoms with Gasteiger partial charge in [0.2, 0.25) is 5.95 Å². The Hall–Kier alpha value is -1.62. The van der Waals surface area contributed by atoms with Gasteiger partial charge in [-0.15, -0.1) is 5.10 Å². The van der Waals surface area contributed by atoms with Crippen molar-refractivity contribution in [2.75, 3.05) is 31.5 Å². The van der Waals surface area contributed by atoms with E-state index in [1.807, 2.05) is 16.8 Å². The first kappa shape index (κ1) is 13.4. The van der Waals surface area contributed by atoms with Crippen molar-refractivity contribution in [3.63, 3.8) is 0 Å². The van der Waals surface area contributed by atoms with Crippen LogP contribution >= 0.6 is 0 Å². The summed E-state index contributed by atoms with van der Waals surface area (Å²) in [5.74, 6) is 1.49. The Kier molecular flexibility index (Phi) is 3.87. The zero-order valence-electron chi connectivity index (χ0n) is 12.3. The minimum Gasteiger partial charge on any atom is -0.353 e. The molecule has 0 atom stereocenters. The van der Waals surface area contributed by atoms with Gasteiger partial charge in [-0.3, -0.25) is 0 Å². The normalized spacial score (nSPS) is 17.7. The van der Waals surface area contributed by atoms with Gasteiger partial charge in [-0.05, 0) is 56.9 Å². The summed E-state index contributed by atoms with van der Waals surface area (Å²) in [6.07, 6.45) is 4.55. The van der Waals surface area contributed by atoms with Crippen LogP contribution in [0.2, 0.25) is 0 Å². The van der Waals surface area contributed by atoms with Gasteiger partial charge in [0, 0.05) is 12.7 Å². The molecule has 20 heavy (non-hydrogen) atoms. The third-order valence-corrected chi connectivity index (χ3v) is 4.18. The number of likely N-dealkylation sites (tertiary alicyclic amines) is 1. The molecule has 2 aromatic rings. The Labute approximate surface area is 120 Å². The summed E-state index contributed by atoms with van der Waals surface area (Å²) < 4.78 is 1.84. The number of piperidine rings is 1. The van der Waals surface area contributed by atoms with E-state index in [-0.39, 0.29) is 0 Å². The Morgan fingerprint density at radius 2 is 2.10 bits per heavy atom. The van der Waals surface area contributed by atoms with Crippen LogP contribution in [0, 0.1) is 12.8 Å². The number of hydrogen-bond donors (Lipinski definition) is 1. The molecule has 0 radical (unpaired) electrons. The van der Waals surface area contributed by atoms with Gasteiger partial charge in [-0.25, -0.2) is 4.52 Å². The first-order valence-corrected chi connectivity index (χ1v) is 7.54. The van der Waals surface area contributed by atoms with E-state index in [0.29, 0.717) is 0 Å². The van der Waals surface area contributed by atoms with Crippen LogP contribution in [0.4, 0.5) is 5.95 Å². The van der Waals surface area contributed by atoms with Gasteiger partial charge in [0.1, 0.15) is 0 Å². The molecule has 0 aromatic carbocycles. The van der Waals surface area contributed by atoms with Gasteiger partial charge in [-0.2, -0.15) is 4.98 Å². The largest absolute Gasteiger partial charge is 0.353 e. The molecule has 5 nitrogen and oxygen atoms in total. The highest BCUT2D eigenvalue weighted by Gasteiger charge is 2.18. The Morgan fingerprint density at radius 3 is 2.85 bits per heavy atom. The number of anilines is 1. The number of rotatable bonds is 4. The lowest BCUT2D eigenvalue weighted by molar-refractivity contribution is 0.198. The molecule has 3 rings (SSSR count). The molecular weight excluding hydrogens is 250 g/mol. The highest BCUT2D eigenvalue weighted by molar-refractivity contribution is 5.44. The molecule has 0 unspecified atom stereocenters. The fourth-order valence-electron chi connectivity index (χ4n) is 2.80. The van der Waals surface area contributed by atoms with E-state index < -0.39 is 0 Å². The smallest absolute Gasteiger partial charge is 0.243 e. The second-order valence-corrected chi connectivity index (χ2v) is 5.70. The van der Waals surface area contributed by atoms with Crippen molar-refractivity contribution in [3.8, 4) is 0 Å². The molecule has 5 heteroatoms. The number of hydrogen-bond acceptors (Lipinski definition) is 4. The van der Waals surface area contributed by atoms with Crippen LogP contribution in [0.25, 0.3) is 5.65 Å². The van der Waals surface area contributed by atoms with E-state index in [9.17, 15) is 0 Å². The maximum absolute atomic E-state index is 4.50. The maximum Gasteiger partial charge on any atom is 0.243 e. The van der Waals surface area contributed by atoms with Gasteiger partial charge in [-0.1, -0.05) is 13.0 Å². The zero-order valence-corrected chi connectivity index (χ0v) is 12.3. The van der Waals surface area contributed by atoms with E-state index in [1.54, 1.807) is 0 Å². The fourth-order valence-corrected chi connectivity index (χ4v) is 2.80. The molecule has 108 valence electrons. The Bertz CT molecular complexity index is 569. The molecular formula is C15H23N5. The predicted octanol–water partition coefficient (Wildman–Crippen LogP) is 2.18. The second-order valence-electron chi connectivity index (χ2n) is 5.70. The first-order chi connectivity index (χ1) is 9.74. The van der Waals surface area contributed by atoms with Gasteiger partial charge < -0.3 is 10.2 Å². The van der Waals surface area contributed by atoms with Crippen molar-refractivity contribution >= 4 is 11.6 Å². The van der Waals surface area contributed by atoms with Crippen molar-refractivity contribution in [1.29, 1.82) is 0 Å². The van der Waals surface area contributed by atoms with Crippen LogP contribution < -0.4 is 5.32 Å². The topological polar surface area (TPSA) is 45.5 Å². The summed E-state index contributed by atoms with van der Waals surface area (Å²) in [5.41, 5.74) is 2.10. The molecule has 1 aliphatic rings. The molecule has 0 amide bonds. The summed E-state index contributed by atoms with van der Waals surface area (Å²) in [7, 11) is 0. The summed E-state index contributed by atoms with van der Waals surface area (Å²) in [5, 5.41) is 7.87. The summed E-state index contributed by atoms with van der Waals surface area (Å²) in [6, 6.07) is 4.07. The van der Waals surface area contributed by atoms with E-state index in [1.165, 1.54) is 38.0 Å². The SMILES string of the molecule is CCN1CCC(CNc2nc3ccc(C)cn3n2)CC1. The van der Waals surface area contributed by atoms with Crippen LogP contribution in [0.5, 0.6) is 0 Å². The van der Waals surface area contributed by atoms with E-state index >= 15 is 0 Å². The lowest BCUT2D eigenvalue weighted by Gasteiger charge is -2.30. The van der Waals surface area contributed by atoms with Crippen molar-refractivity contribution in [1.82, 2.24) is 19.5 Å². The number of nitrogens with one attached hydrogen (secondary N) is 1. The monoisotopic (exact) mass is 273 g/mol. The van der Waals surface area contributed by atoms with Gasteiger partial charge in [0.05, 0.1) is 0 Å². The van der Waals surface area contributed by atoms with E-state index in [4.69, 9.17) is 0 Å². The van der Waals surface area contributed by atoms with Gasteiger partial charge in [0.25, 0.3) is 0 Å². The summed E-state index contributed by atoms with van der Waals surface area (Å²) >= 11 is 0. The number of nitrogens with zero attached hydrogens (tertiary/aromatic N) is 4. The molecule has 0 bridgehead atoms. The molecule has 0 spiro atoms. The molecule has 1 saturated heterocycles. The van der Waals surface area contributed by atoms with Crippen molar-refractivity contribution in [2.45, 2.75) is 26.7 Å². The quantitative estimate of drug-likeness (QED) is 0.927. The number of pyridine rings is 1. The Morgan fingerprint density at radius 1 is 1.30 bits per heavy atom. The highest BCUT2D eigenvalue weighted by atomic mass is 15.3. The first-order valence-electron chi connectivity index (χ1n) is 7.54. The molecule has 1 fully saturated rings. The molecule has 1 aliphatic heterocycles. The minimum absolute atomic E-state index is 0.742. The van der Waals surface area contributed by atoms with Crippen molar-refractivity contribution < 1.29 is 0 Å². The number of aryl methyl sites for hydroxylation is 1. The highest BCUT2D eigenvalue weighted by Crippen LogP contribution is 2.17. The fraction of sp³-hybridized carbons (Fsp3) is 0.600. The van der Waals surface area contributed by atoms with Crippen LogP contribution in [-0.2, 0) is 0 Å². The van der Waals surface area contributed by atoms with E-state index in [2.05, 4.69) is 40.2 Å². The maximum atomic E-state index is 4.50. The van der Waals surface area contributed by atoms with Gasteiger partial charge >= 0.3 is 0 Å². The van der Waals surface area contributed by atoms with Crippen LogP contribution in [-0.4, -0.2) is 45.7 Å². The lowest BCUT2D eigenvalue weighted by Crippen LogP contribution is -2.35. The summed E-state index contributed by atoms with van der Waals surface area (Å²) in [4.78, 5) is 7.02. The average molecular weight is 273 g/mol. The van der Waals surface area contributed by atoms with E-state index in [0.717, 1.165) is 24.1 Å². The summed E-state index contributed by atoms with van der Waals surface area (Å²) in [6.45, 7) is 8.90. The third-order valence-electron chi connectivity index (χ3n) is 4.18. The van der Waals surface area contributed by atoms with Gasteiger partial charge in [0.15, 0.2) is 5.65 Å². The molecule has 0 aliphatic carbocycles. The van der Waals surface area contributed by atoms with Crippen LogP contribution in [0.3, 0.4) is 0 Å². The standard InChI is InChI=1S/C15H23N5/c1-3-19-8-6-13(7-9-19)10-16-15-17-14-5-4-12(2)11-20(14)18-15/h4-5,11,13H,3,6-10H2,1-2H3,(H,16,18). The molecule has 1 N–H and O–H groups in total. The third kappa shape index (κ3) is 2.93. The van der Waals surface area contributed by atoms with Crippen LogP contribution in [0.1, 0.15) is 25.3 Å². The molecule has 0 saturated carbocycles. The molecule has 2 aromatic heterocycles. The number of fused-ring (bicyclic) bond motifs is 1. The van der Waals surface area contributed by atoms with Crippen LogP contribution in [0.15, 0.2) is 18.3 Å². The second kappa shape index (κ2) is 5.79. The van der Waals surface area contributed by atoms with Crippen molar-refractivity contribution in [2.24, 2.45) is 5.92 Å². The molecule has 3 heterocycles. The number of aromatic nitrogens is 3. The lowest BCUT2D eigenvalue weighted by atomic mass is 9.97. The zero-order chi connectivity index (χ0) is 13.9. The van der Waals surface area contributed by atoms with Crippen molar-refractivity contribution in [3.05, 3.63) is 23.9 Å². The Balaban J connectivity index is 1.57.